The molecule has 0 spiro atoms. The Morgan fingerprint density at radius 3 is 2.51 bits per heavy atom. The van der Waals surface area contributed by atoms with E-state index in [4.69, 9.17) is 14.5 Å². The number of nitrogens with zero attached hydrogens (tertiary/aromatic N) is 2. The van der Waals surface area contributed by atoms with E-state index < -0.39 is 0 Å². The highest BCUT2D eigenvalue weighted by atomic mass is 32.2. The summed E-state index contributed by atoms with van der Waals surface area (Å²) in [6, 6.07) is 22.5. The summed E-state index contributed by atoms with van der Waals surface area (Å²) in [7, 11) is 1.73. The summed E-state index contributed by atoms with van der Waals surface area (Å²) in [6.07, 6.45) is 2.67. The lowest BCUT2D eigenvalue weighted by Gasteiger charge is -2.13. The van der Waals surface area contributed by atoms with Crippen LogP contribution in [0, 0.1) is 0 Å². The minimum atomic E-state index is -0.271. The molecule has 0 radical (unpaired) electrons. The fourth-order valence-electron chi connectivity index (χ4n) is 3.69. The van der Waals surface area contributed by atoms with Crippen molar-refractivity contribution in [2.24, 2.45) is 4.99 Å². The average Bonchev–Trinajstić information content (AvgIpc) is 3.17. The Labute approximate surface area is 221 Å². The van der Waals surface area contributed by atoms with Gasteiger partial charge in [-0.25, -0.2) is 4.99 Å². The molecule has 37 heavy (non-hydrogen) atoms. The van der Waals surface area contributed by atoms with Gasteiger partial charge in [-0.3, -0.25) is 14.5 Å². The number of likely N-dealkylation sites (N-methyl/N-ethyl adjacent to an activating group) is 1. The fraction of sp³-hybridized carbons (Fsp3) is 0.207. The summed E-state index contributed by atoms with van der Waals surface area (Å²) in [5.41, 5.74) is 3.48. The van der Waals surface area contributed by atoms with E-state index in [2.05, 4.69) is 12.2 Å². The quantitative estimate of drug-likeness (QED) is 0.359. The number of hydrogen-bond acceptors (Lipinski definition) is 6. The lowest BCUT2D eigenvalue weighted by molar-refractivity contribution is -0.121. The summed E-state index contributed by atoms with van der Waals surface area (Å²) < 4.78 is 11.5. The van der Waals surface area contributed by atoms with Crippen molar-refractivity contribution in [2.75, 3.05) is 25.6 Å². The van der Waals surface area contributed by atoms with Gasteiger partial charge in [0.2, 0.25) is 0 Å². The zero-order chi connectivity index (χ0) is 26.2. The number of aryl methyl sites for hydroxylation is 1. The number of thioether (sulfide) groups is 1. The second-order valence-corrected chi connectivity index (χ2v) is 9.20. The summed E-state index contributed by atoms with van der Waals surface area (Å²) in [5, 5.41) is 3.42. The molecule has 8 heteroatoms. The van der Waals surface area contributed by atoms with Gasteiger partial charge in [0, 0.05) is 12.7 Å². The molecule has 1 aliphatic rings. The number of nitrogens with one attached hydrogen (secondary N) is 1. The van der Waals surface area contributed by atoms with Crippen LogP contribution in [0.2, 0.25) is 0 Å². The number of carbonyl (C=O) groups is 2. The van der Waals surface area contributed by atoms with E-state index in [0.717, 1.165) is 23.2 Å². The van der Waals surface area contributed by atoms with Gasteiger partial charge < -0.3 is 14.8 Å². The molecular formula is C29H29N3O4S. The van der Waals surface area contributed by atoms with Gasteiger partial charge in [0.05, 0.1) is 17.2 Å². The third-order valence-electron chi connectivity index (χ3n) is 5.57. The lowest BCUT2D eigenvalue weighted by atomic mass is 10.1. The third kappa shape index (κ3) is 6.59. The van der Waals surface area contributed by atoms with Crippen molar-refractivity contribution in [1.82, 2.24) is 4.90 Å². The Kier molecular flexibility index (Phi) is 8.64. The Morgan fingerprint density at radius 1 is 1.00 bits per heavy atom. The zero-order valence-corrected chi connectivity index (χ0v) is 21.9. The number of benzene rings is 3. The molecule has 1 aliphatic heterocycles. The van der Waals surface area contributed by atoms with Crippen LogP contribution in [0.4, 0.5) is 11.4 Å². The van der Waals surface area contributed by atoms with Gasteiger partial charge in [0.25, 0.3) is 11.8 Å². The van der Waals surface area contributed by atoms with Crippen LogP contribution in [-0.4, -0.2) is 42.1 Å². The first-order valence-electron chi connectivity index (χ1n) is 12.1. The van der Waals surface area contributed by atoms with Crippen molar-refractivity contribution in [3.63, 3.8) is 0 Å². The van der Waals surface area contributed by atoms with Crippen LogP contribution in [0.5, 0.6) is 11.5 Å². The van der Waals surface area contributed by atoms with Gasteiger partial charge in [0.1, 0.15) is 0 Å². The Hall–Kier alpha value is -4.04. The molecule has 190 valence electrons. The number of amides is 2. The molecule has 3 aromatic carbocycles. The van der Waals surface area contributed by atoms with Crippen molar-refractivity contribution < 1.29 is 19.1 Å². The topological polar surface area (TPSA) is 80.2 Å². The third-order valence-corrected chi connectivity index (χ3v) is 6.63. The molecule has 0 unspecified atom stereocenters. The van der Waals surface area contributed by atoms with E-state index >= 15 is 0 Å². The minimum Gasteiger partial charge on any atom is -0.490 e. The summed E-state index contributed by atoms with van der Waals surface area (Å²) >= 11 is 1.34. The maximum absolute atomic E-state index is 12.9. The van der Waals surface area contributed by atoms with Crippen molar-refractivity contribution in [3.8, 4) is 11.5 Å². The van der Waals surface area contributed by atoms with Crippen LogP contribution in [0.15, 0.2) is 82.7 Å². The maximum Gasteiger partial charge on any atom is 0.266 e. The Balaban J connectivity index is 1.49. The molecule has 4 rings (SSSR count). The number of amidine groups is 1. The molecule has 7 nitrogen and oxygen atoms in total. The normalized spacial score (nSPS) is 15.3. The summed E-state index contributed by atoms with van der Waals surface area (Å²) in [6.45, 7) is 4.23. The summed E-state index contributed by atoms with van der Waals surface area (Å²) in [4.78, 5) is 32.1. The number of carbonyl (C=O) groups excluding carboxylic acids is 2. The molecule has 1 heterocycles. The Morgan fingerprint density at radius 2 is 1.76 bits per heavy atom. The smallest absolute Gasteiger partial charge is 0.266 e. The fourth-order valence-corrected chi connectivity index (χ4v) is 4.67. The predicted molar refractivity (Wildman–Crippen MR) is 149 cm³/mol. The van der Waals surface area contributed by atoms with Gasteiger partial charge in [-0.2, -0.15) is 0 Å². The van der Waals surface area contributed by atoms with Crippen LogP contribution in [0.3, 0.4) is 0 Å². The van der Waals surface area contributed by atoms with Gasteiger partial charge in [-0.15, -0.1) is 0 Å². The first-order chi connectivity index (χ1) is 18.0. The van der Waals surface area contributed by atoms with Crippen LogP contribution < -0.4 is 14.8 Å². The molecule has 0 atom stereocenters. The molecule has 1 N–H and O–H groups in total. The van der Waals surface area contributed by atoms with E-state index in [1.807, 2.05) is 73.7 Å². The number of anilines is 1. The molecule has 3 aromatic rings. The van der Waals surface area contributed by atoms with Crippen molar-refractivity contribution in [2.45, 2.75) is 20.3 Å². The monoisotopic (exact) mass is 515 g/mol. The second kappa shape index (κ2) is 12.3. The van der Waals surface area contributed by atoms with Crippen LogP contribution in [0.25, 0.3) is 6.08 Å². The molecule has 1 saturated heterocycles. The lowest BCUT2D eigenvalue weighted by Crippen LogP contribution is -2.23. The van der Waals surface area contributed by atoms with E-state index in [0.29, 0.717) is 33.9 Å². The standard InChI is InChI=1S/C29H29N3O4S/c1-4-21-11-9-10-14-23(21)31-29-32(3)28(34)26(37-29)18-20-15-16-24(25(17-20)35-5-2)36-19-27(33)30-22-12-7-6-8-13-22/h6-18H,4-5,19H2,1-3H3,(H,30,33)/b26-18+,31-29?. The van der Waals surface area contributed by atoms with Crippen molar-refractivity contribution >= 4 is 46.2 Å². The first kappa shape index (κ1) is 26.0. The molecule has 2 amide bonds. The highest BCUT2D eigenvalue weighted by molar-refractivity contribution is 8.18. The number of hydrogen-bond donors (Lipinski definition) is 1. The molecule has 0 bridgehead atoms. The largest absolute Gasteiger partial charge is 0.490 e. The van der Waals surface area contributed by atoms with Crippen LogP contribution in [-0.2, 0) is 16.0 Å². The minimum absolute atomic E-state index is 0.117. The zero-order valence-electron chi connectivity index (χ0n) is 21.1. The average molecular weight is 516 g/mol. The maximum atomic E-state index is 12.9. The van der Waals surface area contributed by atoms with Crippen molar-refractivity contribution in [3.05, 3.63) is 88.8 Å². The van der Waals surface area contributed by atoms with Gasteiger partial charge in [0.15, 0.2) is 23.3 Å². The second-order valence-electron chi connectivity index (χ2n) is 8.19. The van der Waals surface area contributed by atoms with Crippen LogP contribution in [0.1, 0.15) is 25.0 Å². The number of para-hydroxylation sites is 2. The molecule has 0 aromatic heterocycles. The first-order valence-corrected chi connectivity index (χ1v) is 12.9. The molecule has 0 saturated carbocycles. The summed E-state index contributed by atoms with van der Waals surface area (Å²) in [5.74, 6) is 0.563. The molecule has 1 fully saturated rings. The van der Waals surface area contributed by atoms with Gasteiger partial charge in [-0.05, 0) is 72.6 Å². The van der Waals surface area contributed by atoms with E-state index in [-0.39, 0.29) is 18.4 Å². The van der Waals surface area contributed by atoms with Crippen molar-refractivity contribution in [1.29, 1.82) is 0 Å². The number of aliphatic imine (C=N–C) groups is 1. The SMILES string of the molecule is CCOc1cc(/C=C2/SC(=Nc3ccccc3CC)N(C)C2=O)ccc1OCC(=O)Nc1ccccc1. The number of rotatable bonds is 9. The highest BCUT2D eigenvalue weighted by Gasteiger charge is 2.30. The molecule has 0 aliphatic carbocycles. The van der Waals surface area contributed by atoms with E-state index in [1.54, 1.807) is 24.1 Å². The van der Waals surface area contributed by atoms with Gasteiger partial charge in [-0.1, -0.05) is 49.4 Å². The van der Waals surface area contributed by atoms with E-state index in [1.165, 1.54) is 11.8 Å². The van der Waals surface area contributed by atoms with Gasteiger partial charge >= 0.3 is 0 Å². The van der Waals surface area contributed by atoms with E-state index in [9.17, 15) is 9.59 Å². The highest BCUT2D eigenvalue weighted by Crippen LogP contribution is 2.35. The number of ether oxygens (including phenoxy) is 2. The predicted octanol–water partition coefficient (Wildman–Crippen LogP) is 5.90. The van der Waals surface area contributed by atoms with Crippen LogP contribution >= 0.6 is 11.8 Å². The Bertz CT molecular complexity index is 1340. The molecular weight excluding hydrogens is 486 g/mol.